The highest BCUT2D eigenvalue weighted by Gasteiger charge is 2.35. The molecule has 0 spiro atoms. The van der Waals surface area contributed by atoms with Gasteiger partial charge in [-0.25, -0.2) is 0 Å². The highest BCUT2D eigenvalue weighted by atomic mass is 28.3. The molecule has 0 fully saturated rings. The minimum Gasteiger partial charge on any atom is -0.423 e. The summed E-state index contributed by atoms with van der Waals surface area (Å²) >= 11 is 0. The quantitative estimate of drug-likeness (QED) is 0.780. The van der Waals surface area contributed by atoms with Crippen molar-refractivity contribution in [1.29, 1.82) is 5.26 Å². The fraction of sp³-hybridized carbons (Fsp3) is 0.533. The second kappa shape index (κ2) is 7.07. The first kappa shape index (κ1) is 17.0. The molecule has 0 saturated carbocycles. The number of nitriles is 1. The molecule has 0 aliphatic carbocycles. The van der Waals surface area contributed by atoms with Crippen molar-refractivity contribution >= 4 is 25.8 Å². The highest BCUT2D eigenvalue weighted by Crippen LogP contribution is 2.23. The molecule has 0 atom stereocenters. The lowest BCUT2D eigenvalue weighted by molar-refractivity contribution is 0.425. The van der Waals surface area contributed by atoms with Crippen molar-refractivity contribution in [1.82, 2.24) is 0 Å². The van der Waals surface area contributed by atoms with E-state index in [9.17, 15) is 15.3 Å². The van der Waals surface area contributed by atoms with Crippen LogP contribution in [-0.4, -0.2) is 25.2 Å². The van der Waals surface area contributed by atoms with E-state index in [0.717, 1.165) is 29.7 Å². The smallest absolute Gasteiger partial charge is 0.423 e. The van der Waals surface area contributed by atoms with Gasteiger partial charge >= 0.3 is 7.12 Å². The normalized spacial score (nSPS) is 11.2. The van der Waals surface area contributed by atoms with E-state index in [1.807, 2.05) is 6.07 Å². The summed E-state index contributed by atoms with van der Waals surface area (Å²) < 4.78 is 0. The Kier molecular flexibility index (Phi) is 6.00. The molecule has 20 heavy (non-hydrogen) atoms. The molecule has 1 aromatic carbocycles. The molecule has 5 heteroatoms. The number of hydrogen-bond acceptors (Lipinski definition) is 3. The molecule has 3 nitrogen and oxygen atoms in total. The zero-order valence-corrected chi connectivity index (χ0v) is 13.9. The Labute approximate surface area is 123 Å². The molecule has 0 amide bonds. The van der Waals surface area contributed by atoms with Gasteiger partial charge in [0.25, 0.3) is 0 Å². The second-order valence-electron chi connectivity index (χ2n) is 5.24. The number of rotatable bonds is 6. The molecule has 0 saturated heterocycles. The van der Waals surface area contributed by atoms with Crippen LogP contribution in [0.25, 0.3) is 0 Å². The van der Waals surface area contributed by atoms with Gasteiger partial charge in [-0.1, -0.05) is 58.0 Å². The Morgan fingerprint density at radius 1 is 1.10 bits per heavy atom. The van der Waals surface area contributed by atoms with Gasteiger partial charge in [0.1, 0.15) is 0 Å². The summed E-state index contributed by atoms with van der Waals surface area (Å²) in [5, 5.41) is 29.8. The van der Waals surface area contributed by atoms with Gasteiger partial charge in [-0.05, 0) is 22.6 Å². The molecule has 0 aromatic heterocycles. The molecule has 0 bridgehead atoms. The first-order valence-electron chi connectivity index (χ1n) is 7.43. The lowest BCUT2D eigenvalue weighted by atomic mass is 9.76. The van der Waals surface area contributed by atoms with Crippen LogP contribution in [0.2, 0.25) is 18.1 Å². The average molecular weight is 289 g/mol. The van der Waals surface area contributed by atoms with Crippen LogP contribution < -0.4 is 10.6 Å². The van der Waals surface area contributed by atoms with E-state index in [1.165, 1.54) is 5.56 Å². The maximum absolute atomic E-state index is 9.57. The van der Waals surface area contributed by atoms with Gasteiger partial charge in [0.2, 0.25) is 0 Å². The molecular weight excluding hydrogens is 265 g/mol. The third-order valence-corrected chi connectivity index (χ3v) is 10.3. The molecule has 0 aliphatic rings. The van der Waals surface area contributed by atoms with E-state index >= 15 is 0 Å². The highest BCUT2D eigenvalue weighted by molar-refractivity contribution is 6.92. The minimum atomic E-state index is -1.75. The molecule has 108 valence electrons. The molecule has 1 aromatic rings. The van der Waals surface area contributed by atoms with Gasteiger partial charge in [0, 0.05) is 0 Å². The average Bonchev–Trinajstić information content (AvgIpc) is 2.48. The first-order valence-corrected chi connectivity index (χ1v) is 10.1. The maximum Gasteiger partial charge on any atom is 0.489 e. The number of aryl methyl sites for hydroxylation is 1. The van der Waals surface area contributed by atoms with Crippen molar-refractivity contribution in [2.24, 2.45) is 0 Å². The van der Waals surface area contributed by atoms with E-state index in [2.05, 4.69) is 33.8 Å². The van der Waals surface area contributed by atoms with E-state index in [1.54, 1.807) is 6.07 Å². The topological polar surface area (TPSA) is 64.2 Å². The largest absolute Gasteiger partial charge is 0.489 e. The second-order valence-corrected chi connectivity index (χ2v) is 10.4. The van der Waals surface area contributed by atoms with Gasteiger partial charge < -0.3 is 10.0 Å². The summed E-state index contributed by atoms with van der Waals surface area (Å²) in [6.45, 7) is 8.68. The van der Waals surface area contributed by atoms with Crippen molar-refractivity contribution < 1.29 is 10.0 Å². The molecule has 0 unspecified atom stereocenters. The predicted octanol–water partition coefficient (Wildman–Crippen LogP) is 1.52. The summed E-state index contributed by atoms with van der Waals surface area (Å²) in [6.07, 6.45) is 0.876. The van der Waals surface area contributed by atoms with Crippen LogP contribution in [0.15, 0.2) is 12.1 Å². The number of hydrogen-bond donors (Lipinski definition) is 2. The zero-order valence-electron chi connectivity index (χ0n) is 12.9. The van der Waals surface area contributed by atoms with E-state index < -0.39 is 15.2 Å². The van der Waals surface area contributed by atoms with Crippen molar-refractivity contribution in [3.05, 3.63) is 23.3 Å². The van der Waals surface area contributed by atoms with Crippen molar-refractivity contribution in [2.75, 3.05) is 0 Å². The van der Waals surface area contributed by atoms with Crippen molar-refractivity contribution in [3.63, 3.8) is 0 Å². The predicted molar refractivity (Wildman–Crippen MR) is 87.2 cm³/mol. The summed E-state index contributed by atoms with van der Waals surface area (Å²) in [6, 6.07) is 9.12. The summed E-state index contributed by atoms with van der Waals surface area (Å²) in [4.78, 5) is 0. The van der Waals surface area contributed by atoms with Crippen LogP contribution in [0.3, 0.4) is 0 Å². The molecule has 0 radical (unpaired) electrons. The van der Waals surface area contributed by atoms with Gasteiger partial charge in [0.15, 0.2) is 0 Å². The van der Waals surface area contributed by atoms with Gasteiger partial charge in [-0.3, -0.25) is 0 Å². The van der Waals surface area contributed by atoms with E-state index in [0.29, 0.717) is 11.0 Å². The van der Waals surface area contributed by atoms with Crippen LogP contribution in [0.1, 0.15) is 38.8 Å². The molecule has 1 rings (SSSR count). The number of benzene rings is 1. The Hall–Kier alpha value is -1.09. The SMILES string of the molecule is CCc1ccc(B(O)O)c(C#N)c1[Si](CC)(CC)CC. The fourth-order valence-corrected chi connectivity index (χ4v) is 7.41. The van der Waals surface area contributed by atoms with Crippen molar-refractivity contribution in [2.45, 2.75) is 52.2 Å². The van der Waals surface area contributed by atoms with Gasteiger partial charge in [0.05, 0.1) is 19.7 Å². The zero-order chi connectivity index (χ0) is 15.3. The Bertz CT molecular complexity index is 499. The summed E-state index contributed by atoms with van der Waals surface area (Å²) in [5.41, 5.74) is 2.06. The van der Waals surface area contributed by atoms with Gasteiger partial charge in [-0.15, -0.1) is 0 Å². The first-order chi connectivity index (χ1) is 9.51. The molecule has 0 heterocycles. The van der Waals surface area contributed by atoms with Crippen LogP contribution in [0.4, 0.5) is 0 Å². The Morgan fingerprint density at radius 3 is 2.00 bits per heavy atom. The molecule has 2 N–H and O–H groups in total. The minimum absolute atomic E-state index is 0.354. The lowest BCUT2D eigenvalue weighted by Crippen LogP contribution is -2.52. The van der Waals surface area contributed by atoms with Crippen LogP contribution in [-0.2, 0) is 6.42 Å². The van der Waals surface area contributed by atoms with E-state index in [4.69, 9.17) is 0 Å². The standard InChI is InChI=1S/C15H24BNO2Si/c1-5-12-9-10-14(16(18)19)13(11-17)15(12)20(6-2,7-3)8-4/h9-10,18-19H,5-8H2,1-4H3. The van der Waals surface area contributed by atoms with Gasteiger partial charge in [-0.2, -0.15) is 5.26 Å². The summed E-state index contributed by atoms with van der Waals surface area (Å²) in [7, 11) is -3.32. The maximum atomic E-state index is 9.57. The monoisotopic (exact) mass is 289 g/mol. The number of nitrogens with zero attached hydrogens (tertiary/aromatic N) is 1. The van der Waals surface area contributed by atoms with Crippen LogP contribution in [0.5, 0.6) is 0 Å². The third kappa shape index (κ3) is 2.83. The van der Waals surface area contributed by atoms with E-state index in [-0.39, 0.29) is 0 Å². The Balaban J connectivity index is 3.73. The summed E-state index contributed by atoms with van der Waals surface area (Å²) in [5.74, 6) is 0. The third-order valence-electron chi connectivity index (χ3n) is 4.66. The molecular formula is C15H24BNO2Si. The van der Waals surface area contributed by atoms with Crippen LogP contribution >= 0.6 is 0 Å². The van der Waals surface area contributed by atoms with Crippen molar-refractivity contribution in [3.8, 4) is 6.07 Å². The Morgan fingerprint density at radius 2 is 1.65 bits per heavy atom. The fourth-order valence-electron chi connectivity index (χ4n) is 3.18. The van der Waals surface area contributed by atoms with Crippen LogP contribution in [0, 0.1) is 11.3 Å². The molecule has 0 aliphatic heterocycles. The lowest BCUT2D eigenvalue weighted by Gasteiger charge is -2.32.